The molecule has 1 amide bonds. The Morgan fingerprint density at radius 3 is 2.45 bits per heavy atom. The number of amides is 1. The van der Waals surface area contributed by atoms with E-state index in [1.165, 1.54) is 12.1 Å². The lowest BCUT2D eigenvalue weighted by atomic mass is 9.86. The number of methoxy groups -OCH3 is 1. The molecule has 1 aliphatic carbocycles. The maximum absolute atomic E-state index is 14.9. The molecular weight excluding hydrogens is 495 g/mol. The number of carbonyl (C=O) groups excluding carboxylic acids is 1. The number of rotatable bonds is 7. The van der Waals surface area contributed by atoms with Crippen molar-refractivity contribution in [2.24, 2.45) is 0 Å². The average Bonchev–Trinajstić information content (AvgIpc) is 3.73. The maximum Gasteiger partial charge on any atom is 0.266 e. The first kappa shape index (κ1) is 26.3. The number of hydrogen-bond donors (Lipinski definition) is 1. The molecule has 1 saturated heterocycles. The Kier molecular flexibility index (Phi) is 7.02. The van der Waals surface area contributed by atoms with Gasteiger partial charge in [-0.1, -0.05) is 18.2 Å². The minimum atomic E-state index is -2.90. The summed E-state index contributed by atoms with van der Waals surface area (Å²) in [6.45, 7) is 6.20. The maximum atomic E-state index is 14.9. The third-order valence-corrected chi connectivity index (χ3v) is 7.77. The number of likely N-dealkylation sites (tertiary alicyclic amines) is 1. The molecule has 1 saturated carbocycles. The van der Waals surface area contributed by atoms with Crippen molar-refractivity contribution in [3.8, 4) is 0 Å². The zero-order chi connectivity index (χ0) is 27.2. The average molecular weight is 528 g/mol. The summed E-state index contributed by atoms with van der Waals surface area (Å²) in [4.78, 5) is 28.2. The second-order valence-electron chi connectivity index (χ2n) is 10.3. The molecule has 1 aliphatic heterocycles. The molecule has 3 heterocycles. The molecule has 1 atom stereocenters. The molecular formula is C28H32F3N5O2. The van der Waals surface area contributed by atoms with Crippen molar-refractivity contribution in [1.82, 2.24) is 19.9 Å². The first-order valence-corrected chi connectivity index (χ1v) is 13.0. The van der Waals surface area contributed by atoms with Crippen LogP contribution in [0.1, 0.15) is 86.3 Å². The highest BCUT2D eigenvalue weighted by molar-refractivity contribution is 5.91. The van der Waals surface area contributed by atoms with Crippen molar-refractivity contribution >= 4 is 22.6 Å². The predicted octanol–water partition coefficient (Wildman–Crippen LogP) is 5.94. The largest absolute Gasteiger partial charge is 0.372 e. The number of aromatic nitrogens is 3. The van der Waals surface area contributed by atoms with Crippen LogP contribution in [0.5, 0.6) is 0 Å². The number of carbonyl (C=O) groups is 1. The van der Waals surface area contributed by atoms with Gasteiger partial charge in [0.15, 0.2) is 0 Å². The minimum absolute atomic E-state index is 0.0346. The fourth-order valence-corrected chi connectivity index (χ4v) is 5.35. The molecule has 1 aromatic carbocycles. The van der Waals surface area contributed by atoms with Crippen LogP contribution >= 0.6 is 0 Å². The van der Waals surface area contributed by atoms with Gasteiger partial charge in [-0.25, -0.2) is 23.1 Å². The predicted molar refractivity (Wildman–Crippen MR) is 138 cm³/mol. The quantitative estimate of drug-likeness (QED) is 0.409. The number of aryl methyl sites for hydroxylation is 1. The molecule has 0 unspecified atom stereocenters. The van der Waals surface area contributed by atoms with E-state index in [0.29, 0.717) is 37.6 Å². The van der Waals surface area contributed by atoms with E-state index < -0.39 is 29.4 Å². The number of alkyl halides is 2. The molecule has 10 heteroatoms. The normalized spacial score (nSPS) is 18.2. The summed E-state index contributed by atoms with van der Waals surface area (Å²) in [5, 5.41) is 3.99. The van der Waals surface area contributed by atoms with Crippen LogP contribution < -0.4 is 5.32 Å². The minimum Gasteiger partial charge on any atom is -0.372 e. The van der Waals surface area contributed by atoms with Crippen molar-refractivity contribution in [2.45, 2.75) is 70.4 Å². The third kappa shape index (κ3) is 4.81. The molecule has 1 N–H and O–H groups in total. The number of pyridine rings is 1. The summed E-state index contributed by atoms with van der Waals surface area (Å²) in [6.07, 6.45) is 0.320. The number of benzene rings is 1. The zero-order valence-corrected chi connectivity index (χ0v) is 22.0. The Hall–Kier alpha value is -3.27. The van der Waals surface area contributed by atoms with E-state index in [1.54, 1.807) is 27.9 Å². The summed E-state index contributed by atoms with van der Waals surface area (Å²) in [5.74, 6) is 0.409. The van der Waals surface area contributed by atoms with Crippen LogP contribution in [0, 0.1) is 12.7 Å². The van der Waals surface area contributed by atoms with Crippen LogP contribution in [-0.4, -0.2) is 46.0 Å². The number of nitrogens with zero attached hydrogens (tertiary/aromatic N) is 4. The van der Waals surface area contributed by atoms with Gasteiger partial charge in [0.25, 0.3) is 6.43 Å². The van der Waals surface area contributed by atoms with Gasteiger partial charge < -0.3 is 15.0 Å². The van der Waals surface area contributed by atoms with Crippen molar-refractivity contribution in [2.75, 3.05) is 25.5 Å². The first-order chi connectivity index (χ1) is 18.1. The highest BCUT2D eigenvalue weighted by Gasteiger charge is 2.40. The summed E-state index contributed by atoms with van der Waals surface area (Å²) in [6, 6.07) is 5.32. The molecule has 38 heavy (non-hydrogen) atoms. The van der Waals surface area contributed by atoms with E-state index >= 15 is 0 Å². The topological polar surface area (TPSA) is 80.2 Å². The van der Waals surface area contributed by atoms with E-state index in [9.17, 15) is 18.0 Å². The number of anilines is 1. The summed E-state index contributed by atoms with van der Waals surface area (Å²) in [5.41, 5.74) is 1.21. The second-order valence-corrected chi connectivity index (χ2v) is 10.3. The molecule has 3 aromatic rings. The molecule has 7 nitrogen and oxygen atoms in total. The zero-order valence-electron chi connectivity index (χ0n) is 22.0. The lowest BCUT2D eigenvalue weighted by molar-refractivity contribution is -0.135. The number of ether oxygens (including phenoxy) is 1. The SMILES string of the molecule is COC1(c2cc3c(N[C@H](C)c4cccc(C(F)F)c4F)nc(C)nc3c(C3CC3)n2)CCN(C(C)=O)CC1. The number of nitrogens with one attached hydrogen (secondary N) is 1. The van der Waals surface area contributed by atoms with Crippen LogP contribution in [0.3, 0.4) is 0 Å². The van der Waals surface area contributed by atoms with Crippen molar-refractivity contribution in [3.63, 3.8) is 0 Å². The van der Waals surface area contributed by atoms with Gasteiger partial charge in [-0.2, -0.15) is 0 Å². The van der Waals surface area contributed by atoms with E-state index in [0.717, 1.165) is 41.2 Å². The van der Waals surface area contributed by atoms with Crippen molar-refractivity contribution in [1.29, 1.82) is 0 Å². The molecule has 0 radical (unpaired) electrons. The molecule has 202 valence electrons. The molecule has 2 fully saturated rings. The fourth-order valence-electron chi connectivity index (χ4n) is 5.35. The number of piperidine rings is 1. The fraction of sp³-hybridized carbons (Fsp3) is 0.500. The Labute approximate surface area is 219 Å². The lowest BCUT2D eigenvalue weighted by Crippen LogP contribution is -2.45. The number of halogens is 3. The highest BCUT2D eigenvalue weighted by Crippen LogP contribution is 2.45. The van der Waals surface area contributed by atoms with E-state index in [1.807, 2.05) is 11.0 Å². The van der Waals surface area contributed by atoms with Gasteiger partial charge >= 0.3 is 0 Å². The van der Waals surface area contributed by atoms with Gasteiger partial charge in [-0.05, 0) is 45.6 Å². The molecule has 2 aromatic heterocycles. The van der Waals surface area contributed by atoms with Crippen LogP contribution in [0.2, 0.25) is 0 Å². The number of fused-ring (bicyclic) bond motifs is 1. The molecule has 0 bridgehead atoms. The number of hydrogen-bond acceptors (Lipinski definition) is 6. The summed E-state index contributed by atoms with van der Waals surface area (Å²) in [7, 11) is 1.66. The van der Waals surface area contributed by atoms with Gasteiger partial charge in [0.05, 0.1) is 28.5 Å². The van der Waals surface area contributed by atoms with Crippen molar-refractivity contribution in [3.05, 3.63) is 58.4 Å². The van der Waals surface area contributed by atoms with Crippen LogP contribution in [0.15, 0.2) is 24.3 Å². The molecule has 5 rings (SSSR count). The van der Waals surface area contributed by atoms with Crippen LogP contribution in [0.4, 0.5) is 19.0 Å². The summed E-state index contributed by atoms with van der Waals surface area (Å²) >= 11 is 0. The van der Waals surface area contributed by atoms with Gasteiger partial charge in [-0.15, -0.1) is 0 Å². The molecule has 0 spiro atoms. The Morgan fingerprint density at radius 2 is 1.84 bits per heavy atom. The lowest BCUT2D eigenvalue weighted by Gasteiger charge is -2.40. The Bertz CT molecular complexity index is 1370. The molecule has 2 aliphatic rings. The Morgan fingerprint density at radius 1 is 1.16 bits per heavy atom. The smallest absolute Gasteiger partial charge is 0.266 e. The van der Waals surface area contributed by atoms with Crippen LogP contribution in [0.25, 0.3) is 10.9 Å². The van der Waals surface area contributed by atoms with Gasteiger partial charge in [-0.3, -0.25) is 9.78 Å². The van der Waals surface area contributed by atoms with E-state index in [2.05, 4.69) is 10.3 Å². The highest BCUT2D eigenvalue weighted by atomic mass is 19.3. The van der Waals surface area contributed by atoms with Gasteiger partial charge in [0.2, 0.25) is 5.91 Å². The van der Waals surface area contributed by atoms with Gasteiger partial charge in [0.1, 0.15) is 23.1 Å². The van der Waals surface area contributed by atoms with Crippen molar-refractivity contribution < 1.29 is 22.7 Å². The summed E-state index contributed by atoms with van der Waals surface area (Å²) < 4.78 is 47.7. The van der Waals surface area contributed by atoms with E-state index in [4.69, 9.17) is 14.7 Å². The monoisotopic (exact) mass is 527 g/mol. The van der Waals surface area contributed by atoms with E-state index in [-0.39, 0.29) is 17.4 Å². The third-order valence-electron chi connectivity index (χ3n) is 7.77. The standard InChI is InChI=1S/C28H32F3N5O2/c1-15(19-6-5-7-20(23(19)29)26(30)31)32-27-21-14-22(28(38-4)10-12-36(13-11-28)17(3)37)35-24(18-8-9-18)25(21)33-16(2)34-27/h5-7,14-15,18,26H,8-13H2,1-4H3,(H,32,33,34)/t15-/m1/s1. The van der Waals surface area contributed by atoms with Gasteiger partial charge in [0, 0.05) is 44.0 Å². The van der Waals surface area contributed by atoms with Crippen LogP contribution in [-0.2, 0) is 15.1 Å². The first-order valence-electron chi connectivity index (χ1n) is 13.0. The second kappa shape index (κ2) is 10.1. The Balaban J connectivity index is 1.59.